The lowest BCUT2D eigenvalue weighted by atomic mass is 9.92. The number of fused-ring (bicyclic) bond motifs is 2. The molecule has 0 unspecified atom stereocenters. The number of carboxylic acid groups (broad SMARTS) is 1. The highest BCUT2D eigenvalue weighted by Crippen LogP contribution is 2.34. The zero-order chi connectivity index (χ0) is 25.2. The van der Waals surface area contributed by atoms with Gasteiger partial charge in [-0.3, -0.25) is 9.69 Å². The fourth-order valence-corrected chi connectivity index (χ4v) is 4.69. The number of aromatic nitrogens is 1. The van der Waals surface area contributed by atoms with Crippen LogP contribution in [0, 0.1) is 0 Å². The van der Waals surface area contributed by atoms with E-state index >= 15 is 0 Å². The first kappa shape index (κ1) is 23.7. The highest BCUT2D eigenvalue weighted by atomic mass is 35.5. The number of aromatic carboxylic acids is 1. The van der Waals surface area contributed by atoms with Crippen molar-refractivity contribution >= 4 is 51.7 Å². The molecule has 4 aromatic rings. The lowest BCUT2D eigenvalue weighted by Crippen LogP contribution is -2.31. The van der Waals surface area contributed by atoms with Gasteiger partial charge in [-0.1, -0.05) is 48.9 Å². The summed E-state index contributed by atoms with van der Waals surface area (Å²) in [6, 6.07) is 21.6. The third-order valence-corrected chi connectivity index (χ3v) is 6.58. The van der Waals surface area contributed by atoms with Gasteiger partial charge in [0, 0.05) is 40.3 Å². The van der Waals surface area contributed by atoms with Crippen LogP contribution >= 0.6 is 11.6 Å². The summed E-state index contributed by atoms with van der Waals surface area (Å²) >= 11 is 5.93. The van der Waals surface area contributed by atoms with E-state index in [2.05, 4.69) is 17.1 Å². The van der Waals surface area contributed by atoms with Crippen molar-refractivity contribution in [1.82, 2.24) is 9.88 Å². The van der Waals surface area contributed by atoms with Gasteiger partial charge in [-0.15, -0.1) is 0 Å². The minimum absolute atomic E-state index is 0.226. The second-order valence-electron chi connectivity index (χ2n) is 8.70. The summed E-state index contributed by atoms with van der Waals surface area (Å²) in [5, 5.41) is 14.2. The monoisotopic (exact) mass is 497 g/mol. The quantitative estimate of drug-likeness (QED) is 0.342. The Kier molecular flexibility index (Phi) is 6.55. The number of nitrogens with one attached hydrogen (secondary N) is 1. The van der Waals surface area contributed by atoms with Crippen molar-refractivity contribution in [3.05, 3.63) is 106 Å². The van der Waals surface area contributed by atoms with Crippen LogP contribution in [0.5, 0.6) is 0 Å². The van der Waals surface area contributed by atoms with E-state index in [0.29, 0.717) is 51.5 Å². The average molecular weight is 498 g/mol. The van der Waals surface area contributed by atoms with Crippen molar-refractivity contribution < 1.29 is 14.7 Å². The standard InChI is InChI=1S/C29H24ClN3O3/c1-2-33-16-20(27-24(17-33)26(29(35)36)23-8-3-4-9-25(23)32-27)14-18-6-5-7-22(15-18)31-28(34)19-10-12-21(30)13-11-19/h3-15H,2,16-17H2,1H3,(H,31,34)(H,35,36)/b20-14+. The summed E-state index contributed by atoms with van der Waals surface area (Å²) in [7, 11) is 0. The van der Waals surface area contributed by atoms with Gasteiger partial charge in [0.2, 0.25) is 0 Å². The van der Waals surface area contributed by atoms with Gasteiger partial charge in [-0.05, 0) is 66.2 Å². The molecule has 0 bridgehead atoms. The molecule has 0 atom stereocenters. The van der Waals surface area contributed by atoms with E-state index in [0.717, 1.165) is 23.2 Å². The Morgan fingerprint density at radius 3 is 2.58 bits per heavy atom. The fraction of sp³-hybridized carbons (Fsp3) is 0.138. The zero-order valence-electron chi connectivity index (χ0n) is 19.7. The van der Waals surface area contributed by atoms with Crippen molar-refractivity contribution in [2.45, 2.75) is 13.5 Å². The molecule has 0 radical (unpaired) electrons. The predicted molar refractivity (Wildman–Crippen MR) is 143 cm³/mol. The van der Waals surface area contributed by atoms with Crippen LogP contribution in [0.1, 0.15) is 44.5 Å². The summed E-state index contributed by atoms with van der Waals surface area (Å²) in [5.41, 5.74) is 5.41. The maximum Gasteiger partial charge on any atom is 0.336 e. The topological polar surface area (TPSA) is 82.5 Å². The summed E-state index contributed by atoms with van der Waals surface area (Å²) in [5.74, 6) is -1.18. The van der Waals surface area contributed by atoms with Crippen LogP contribution in [0.25, 0.3) is 22.6 Å². The number of hydrogen-bond acceptors (Lipinski definition) is 4. The summed E-state index contributed by atoms with van der Waals surface area (Å²) in [4.78, 5) is 32.1. The number of benzene rings is 3. The minimum Gasteiger partial charge on any atom is -0.478 e. The SMILES string of the molecule is CCN1C/C(=C\c2cccc(NC(=O)c3ccc(Cl)cc3)c2)c2nc3ccccc3c(C(=O)O)c2C1. The number of halogens is 1. The van der Waals surface area contributed by atoms with E-state index in [1.165, 1.54) is 0 Å². The lowest BCUT2D eigenvalue weighted by Gasteiger charge is -2.30. The van der Waals surface area contributed by atoms with Crippen LogP contribution in [-0.2, 0) is 6.54 Å². The molecule has 180 valence electrons. The normalized spacial score (nSPS) is 14.6. The number of carbonyl (C=O) groups is 2. The number of carbonyl (C=O) groups excluding carboxylic acids is 1. The number of carboxylic acids is 1. The number of likely N-dealkylation sites (N-methyl/N-ethyl adjacent to an activating group) is 1. The Hall–Kier alpha value is -4.00. The van der Waals surface area contributed by atoms with E-state index in [1.54, 1.807) is 24.3 Å². The van der Waals surface area contributed by atoms with Crippen molar-refractivity contribution in [2.75, 3.05) is 18.4 Å². The van der Waals surface area contributed by atoms with Gasteiger partial charge < -0.3 is 10.4 Å². The van der Waals surface area contributed by atoms with Gasteiger partial charge in [0.05, 0.1) is 16.8 Å². The Morgan fingerprint density at radius 1 is 1.06 bits per heavy atom. The molecule has 0 saturated heterocycles. The van der Waals surface area contributed by atoms with E-state index in [9.17, 15) is 14.7 Å². The second kappa shape index (κ2) is 9.93. The van der Waals surface area contributed by atoms with E-state index in [-0.39, 0.29) is 5.91 Å². The Balaban J connectivity index is 1.54. The predicted octanol–water partition coefficient (Wildman–Crippen LogP) is 6.21. The molecule has 2 N–H and O–H groups in total. The molecule has 2 heterocycles. The van der Waals surface area contributed by atoms with Crippen molar-refractivity contribution in [2.24, 2.45) is 0 Å². The first-order valence-corrected chi connectivity index (χ1v) is 12.1. The van der Waals surface area contributed by atoms with Gasteiger partial charge in [-0.2, -0.15) is 0 Å². The summed E-state index contributed by atoms with van der Waals surface area (Å²) in [6.07, 6.45) is 2.02. The highest BCUT2D eigenvalue weighted by Gasteiger charge is 2.27. The highest BCUT2D eigenvalue weighted by molar-refractivity contribution is 6.30. The van der Waals surface area contributed by atoms with Gasteiger partial charge in [0.15, 0.2) is 0 Å². The molecule has 6 nitrogen and oxygen atoms in total. The molecular formula is C29H24ClN3O3. The molecule has 1 aliphatic heterocycles. The van der Waals surface area contributed by atoms with Crippen LogP contribution in [0.3, 0.4) is 0 Å². The van der Waals surface area contributed by atoms with E-state index < -0.39 is 5.97 Å². The molecule has 0 spiro atoms. The largest absolute Gasteiger partial charge is 0.478 e. The number of hydrogen-bond donors (Lipinski definition) is 2. The van der Waals surface area contributed by atoms with Crippen LogP contribution in [0.2, 0.25) is 5.02 Å². The molecule has 1 aromatic heterocycles. The molecule has 0 aliphatic carbocycles. The molecule has 0 fully saturated rings. The molecule has 1 aliphatic rings. The number of anilines is 1. The number of rotatable bonds is 5. The number of amides is 1. The first-order valence-electron chi connectivity index (χ1n) is 11.7. The third kappa shape index (κ3) is 4.73. The van der Waals surface area contributed by atoms with Crippen molar-refractivity contribution in [1.29, 1.82) is 0 Å². The van der Waals surface area contributed by atoms with Crippen LogP contribution in [0.4, 0.5) is 5.69 Å². The third-order valence-electron chi connectivity index (χ3n) is 6.33. The smallest absolute Gasteiger partial charge is 0.336 e. The second-order valence-corrected chi connectivity index (χ2v) is 9.13. The van der Waals surface area contributed by atoms with Gasteiger partial charge in [-0.25, -0.2) is 9.78 Å². The summed E-state index contributed by atoms with van der Waals surface area (Å²) < 4.78 is 0. The van der Waals surface area contributed by atoms with Crippen LogP contribution in [0.15, 0.2) is 72.8 Å². The minimum atomic E-state index is -0.950. The molecule has 5 rings (SSSR count). The Bertz CT molecular complexity index is 1510. The van der Waals surface area contributed by atoms with E-state index in [4.69, 9.17) is 16.6 Å². The molecule has 3 aromatic carbocycles. The molecule has 7 heteroatoms. The van der Waals surface area contributed by atoms with Gasteiger partial charge in [0.1, 0.15) is 0 Å². The summed E-state index contributed by atoms with van der Waals surface area (Å²) in [6.45, 7) is 4.01. The number of para-hydroxylation sites is 1. The molecule has 0 saturated carbocycles. The molecule has 1 amide bonds. The van der Waals surface area contributed by atoms with Crippen molar-refractivity contribution in [3.63, 3.8) is 0 Å². The lowest BCUT2D eigenvalue weighted by molar-refractivity contribution is 0.0696. The van der Waals surface area contributed by atoms with E-state index in [1.807, 2.05) is 54.6 Å². The van der Waals surface area contributed by atoms with Crippen LogP contribution in [-0.4, -0.2) is 40.0 Å². The Labute approximate surface area is 213 Å². The maximum atomic E-state index is 12.7. The van der Waals surface area contributed by atoms with Gasteiger partial charge in [0.25, 0.3) is 5.91 Å². The maximum absolute atomic E-state index is 12.7. The number of nitrogens with zero attached hydrogens (tertiary/aromatic N) is 2. The zero-order valence-corrected chi connectivity index (χ0v) is 20.4. The fourth-order valence-electron chi connectivity index (χ4n) is 4.56. The average Bonchev–Trinajstić information content (AvgIpc) is 2.87. The Morgan fingerprint density at radius 2 is 1.83 bits per heavy atom. The van der Waals surface area contributed by atoms with Crippen LogP contribution < -0.4 is 5.32 Å². The number of pyridine rings is 1. The van der Waals surface area contributed by atoms with Gasteiger partial charge >= 0.3 is 5.97 Å². The molecular weight excluding hydrogens is 474 g/mol. The first-order chi connectivity index (χ1) is 17.4. The van der Waals surface area contributed by atoms with Crippen molar-refractivity contribution in [3.8, 4) is 0 Å². The molecule has 36 heavy (non-hydrogen) atoms.